The molecule has 0 amide bonds. The maximum atomic E-state index is 12.6. The van der Waals surface area contributed by atoms with E-state index in [0.29, 0.717) is 30.3 Å². The van der Waals surface area contributed by atoms with Gasteiger partial charge in [-0.05, 0) is 71.7 Å². The Hall–Kier alpha value is -3.23. The number of nitrogens with two attached hydrogens (primary N) is 1. The molecule has 1 aromatic heterocycles. The van der Waals surface area contributed by atoms with Crippen molar-refractivity contribution in [1.82, 2.24) is 4.98 Å². The maximum Gasteiger partial charge on any atom is 0.163 e. The average Bonchev–Trinajstić information content (AvgIpc) is 2.95. The molecule has 2 bridgehead atoms. The number of ether oxygens (including phenoxy) is 1. The van der Waals surface area contributed by atoms with E-state index < -0.39 is 0 Å². The molecule has 0 saturated carbocycles. The number of aromatic nitrogens is 1. The second-order valence-electron chi connectivity index (χ2n) is 10.1. The number of benzene rings is 2. The van der Waals surface area contributed by atoms with E-state index in [1.807, 2.05) is 29.0 Å². The predicted octanol–water partition coefficient (Wildman–Crippen LogP) is 7.00. The van der Waals surface area contributed by atoms with Crippen LogP contribution in [-0.2, 0) is 22.4 Å². The van der Waals surface area contributed by atoms with Crippen LogP contribution in [-0.4, -0.2) is 34.5 Å². The fourth-order valence-electron chi connectivity index (χ4n) is 4.75. The third-order valence-electron chi connectivity index (χ3n) is 7.17. The highest BCUT2D eigenvalue weighted by molar-refractivity contribution is 8.76. The first-order valence-corrected chi connectivity index (χ1v) is 15.9. The molecule has 0 saturated heterocycles. The molecule has 6 nitrogen and oxygen atoms in total. The number of carbonyl (C=O) groups excluding carboxylic acids is 2. The Morgan fingerprint density at radius 3 is 2.65 bits per heavy atom. The van der Waals surface area contributed by atoms with Crippen LogP contribution in [0, 0.1) is 5.92 Å². The quantitative estimate of drug-likeness (QED) is 0.253. The fraction of sp³-hybridized carbons (Fsp3) is 0.344. The Bertz CT molecular complexity index is 1360. The van der Waals surface area contributed by atoms with Crippen molar-refractivity contribution in [2.45, 2.75) is 50.7 Å². The zero-order valence-corrected chi connectivity index (χ0v) is 24.6. The van der Waals surface area contributed by atoms with E-state index in [0.717, 1.165) is 47.3 Å². The second kappa shape index (κ2) is 14.4. The first-order chi connectivity index (χ1) is 19.4. The van der Waals surface area contributed by atoms with Gasteiger partial charge in [0.25, 0.3) is 0 Å². The van der Waals surface area contributed by atoms with Crippen molar-refractivity contribution in [3.05, 3.63) is 88.6 Å². The molecule has 2 atom stereocenters. The van der Waals surface area contributed by atoms with Gasteiger partial charge in [0.05, 0.1) is 13.5 Å². The van der Waals surface area contributed by atoms with Crippen LogP contribution in [0.1, 0.15) is 65.7 Å². The van der Waals surface area contributed by atoms with E-state index in [-0.39, 0.29) is 29.0 Å². The maximum absolute atomic E-state index is 12.6. The van der Waals surface area contributed by atoms with Crippen molar-refractivity contribution in [2.24, 2.45) is 5.92 Å². The van der Waals surface area contributed by atoms with Crippen molar-refractivity contribution in [3.63, 3.8) is 0 Å². The fourth-order valence-corrected chi connectivity index (χ4v) is 7.96. The zero-order chi connectivity index (χ0) is 28.5. The number of anilines is 1. The number of hydrogen-bond acceptors (Lipinski definition) is 8. The summed E-state index contributed by atoms with van der Waals surface area (Å²) in [6, 6.07) is 15.8. The van der Waals surface area contributed by atoms with Gasteiger partial charge < -0.3 is 15.6 Å². The number of ketones is 2. The molecule has 2 aromatic carbocycles. The number of hydrogen-bond donors (Lipinski definition) is 2. The van der Waals surface area contributed by atoms with Gasteiger partial charge in [-0.3, -0.25) is 9.59 Å². The van der Waals surface area contributed by atoms with Crippen LogP contribution in [0.2, 0.25) is 0 Å². The highest BCUT2D eigenvalue weighted by atomic mass is 33.1. The first-order valence-electron chi connectivity index (χ1n) is 13.5. The van der Waals surface area contributed by atoms with Crippen molar-refractivity contribution in [3.8, 4) is 11.5 Å². The number of Topliss-reactive ketones (excluding diaryl/α,β-unsaturated/α-hetero) is 1. The van der Waals surface area contributed by atoms with Gasteiger partial charge in [-0.2, -0.15) is 0 Å². The van der Waals surface area contributed by atoms with Crippen molar-refractivity contribution >= 4 is 45.0 Å². The van der Waals surface area contributed by atoms with Gasteiger partial charge in [-0.25, -0.2) is 4.98 Å². The number of carbonyl (C=O) groups is 2. The van der Waals surface area contributed by atoms with E-state index in [1.54, 1.807) is 35.2 Å². The summed E-state index contributed by atoms with van der Waals surface area (Å²) in [4.78, 5) is 29.8. The molecule has 210 valence electrons. The molecule has 0 spiro atoms. The number of rotatable bonds is 4. The SMILES string of the molecule is CC[C@H]1CCC(=O)CC(=O)/C=C/c2cc(OC)c(O)cc2Cc2cnc(N)c(c2)[C@H](Cc2ccccc2)SSC1. The van der Waals surface area contributed by atoms with Crippen LogP contribution in [0.25, 0.3) is 6.08 Å². The summed E-state index contributed by atoms with van der Waals surface area (Å²) in [6.45, 7) is 2.15. The molecule has 3 aromatic rings. The molecule has 1 aliphatic rings. The summed E-state index contributed by atoms with van der Waals surface area (Å²) in [5.74, 6) is 1.86. The van der Waals surface area contributed by atoms with E-state index in [4.69, 9.17) is 10.5 Å². The van der Waals surface area contributed by atoms with Crippen molar-refractivity contribution < 1.29 is 19.4 Å². The van der Waals surface area contributed by atoms with Gasteiger partial charge in [-0.1, -0.05) is 71.3 Å². The smallest absolute Gasteiger partial charge is 0.163 e. The van der Waals surface area contributed by atoms with Crippen LogP contribution >= 0.6 is 21.6 Å². The normalized spacial score (nSPS) is 19.8. The Morgan fingerprint density at radius 2 is 1.90 bits per heavy atom. The second-order valence-corrected chi connectivity index (χ2v) is 12.7. The number of aromatic hydroxyl groups is 1. The number of nitrogen functional groups attached to an aromatic ring is 1. The molecule has 8 heteroatoms. The lowest BCUT2D eigenvalue weighted by Gasteiger charge is -2.21. The molecular weight excluding hydrogens is 540 g/mol. The largest absolute Gasteiger partial charge is 0.504 e. The molecule has 0 fully saturated rings. The van der Waals surface area contributed by atoms with Crippen LogP contribution in [0.5, 0.6) is 11.5 Å². The van der Waals surface area contributed by atoms with Gasteiger partial charge in [0.2, 0.25) is 0 Å². The number of fused-ring (bicyclic) bond motifs is 3. The number of methoxy groups -OCH3 is 1. The highest BCUT2D eigenvalue weighted by Gasteiger charge is 2.21. The van der Waals surface area contributed by atoms with E-state index >= 15 is 0 Å². The van der Waals surface area contributed by atoms with Gasteiger partial charge in [0.1, 0.15) is 11.6 Å². The minimum Gasteiger partial charge on any atom is -0.504 e. The molecule has 3 N–H and O–H groups in total. The molecule has 0 aliphatic carbocycles. The molecule has 1 aliphatic heterocycles. The molecule has 0 unspecified atom stereocenters. The minimum absolute atomic E-state index is 0.0151. The van der Waals surface area contributed by atoms with Gasteiger partial charge in [0.15, 0.2) is 17.3 Å². The topological polar surface area (TPSA) is 103 Å². The van der Waals surface area contributed by atoms with Crippen LogP contribution in [0.3, 0.4) is 0 Å². The minimum atomic E-state index is -0.234. The Labute approximate surface area is 244 Å². The first kappa shape index (κ1) is 29.7. The Balaban J connectivity index is 1.74. The lowest BCUT2D eigenvalue weighted by atomic mass is 9.96. The highest BCUT2D eigenvalue weighted by Crippen LogP contribution is 2.44. The van der Waals surface area contributed by atoms with Gasteiger partial charge in [-0.15, -0.1) is 0 Å². The standard InChI is InChI=1S/C32H36N2O4S2/c1-3-21-9-11-26(35)18-27(36)12-10-24-17-30(38-2)29(37)16-25(24)13-23-14-28(32(33)34-19-23)31(40-39-20-21)15-22-7-5-4-6-8-22/h4-8,10,12,14,16-17,19,21,31,37H,3,9,11,13,15,18,20H2,1-2H3,(H2,33,34)/b12-10+/t21-,31-/m0/s1. The Kier molecular flexibility index (Phi) is 10.7. The molecule has 2 heterocycles. The number of pyridine rings is 1. The third kappa shape index (κ3) is 8.15. The molecule has 0 radical (unpaired) electrons. The van der Waals surface area contributed by atoms with E-state index in [2.05, 4.69) is 30.1 Å². The van der Waals surface area contributed by atoms with Gasteiger partial charge >= 0.3 is 0 Å². The summed E-state index contributed by atoms with van der Waals surface area (Å²) in [6.07, 6.45) is 8.22. The lowest BCUT2D eigenvalue weighted by molar-refractivity contribution is -0.124. The van der Waals surface area contributed by atoms with E-state index in [9.17, 15) is 14.7 Å². The van der Waals surface area contributed by atoms with Crippen molar-refractivity contribution in [2.75, 3.05) is 18.6 Å². The van der Waals surface area contributed by atoms with Crippen molar-refractivity contribution in [1.29, 1.82) is 0 Å². The third-order valence-corrected chi connectivity index (χ3v) is 10.1. The summed E-state index contributed by atoms with van der Waals surface area (Å²) < 4.78 is 5.31. The number of allylic oxidation sites excluding steroid dienone is 1. The number of phenolic OH excluding ortho intramolecular Hbond substituents is 1. The zero-order valence-electron chi connectivity index (χ0n) is 23.0. The van der Waals surface area contributed by atoms with Crippen LogP contribution in [0.15, 0.2) is 60.8 Å². The summed E-state index contributed by atoms with van der Waals surface area (Å²) >= 11 is 0. The molecule has 40 heavy (non-hydrogen) atoms. The average molecular weight is 577 g/mol. The summed E-state index contributed by atoms with van der Waals surface area (Å²) in [5, 5.41) is 10.6. The predicted molar refractivity (Wildman–Crippen MR) is 166 cm³/mol. The number of phenols is 1. The van der Waals surface area contributed by atoms with Crippen LogP contribution < -0.4 is 10.5 Å². The summed E-state index contributed by atoms with van der Waals surface area (Å²) in [5.41, 5.74) is 11.1. The Morgan fingerprint density at radius 1 is 1.10 bits per heavy atom. The van der Waals surface area contributed by atoms with Gasteiger partial charge in [0, 0.05) is 29.2 Å². The van der Waals surface area contributed by atoms with Crippen LogP contribution in [0.4, 0.5) is 5.82 Å². The number of nitrogens with zero attached hydrogens (tertiary/aromatic N) is 1. The van der Waals surface area contributed by atoms with E-state index in [1.165, 1.54) is 18.7 Å². The monoisotopic (exact) mass is 576 g/mol. The summed E-state index contributed by atoms with van der Waals surface area (Å²) in [7, 11) is 5.09. The molecule has 4 rings (SSSR count). The molecular formula is C32H36N2O4S2. The lowest BCUT2D eigenvalue weighted by Crippen LogP contribution is -2.10.